The molecule has 1 aromatic rings. The van der Waals surface area contributed by atoms with Crippen molar-refractivity contribution in [1.82, 2.24) is 10.6 Å². The average molecular weight is 278 g/mol. The first kappa shape index (κ1) is 14.7. The summed E-state index contributed by atoms with van der Waals surface area (Å²) in [6.07, 6.45) is 2.22. The first-order valence-electron chi connectivity index (χ1n) is 6.99. The molecule has 1 atom stereocenters. The maximum absolute atomic E-state index is 11.7. The molecule has 5 heteroatoms. The molecule has 0 heterocycles. The van der Waals surface area contributed by atoms with E-state index >= 15 is 0 Å². The van der Waals surface area contributed by atoms with Crippen molar-refractivity contribution in [3.05, 3.63) is 24.3 Å². The van der Waals surface area contributed by atoms with E-state index in [0.29, 0.717) is 19.2 Å². The molecule has 5 nitrogen and oxygen atoms in total. The van der Waals surface area contributed by atoms with Gasteiger partial charge in [0.25, 0.3) is 0 Å². The molecule has 2 rings (SSSR count). The Balaban J connectivity index is 1.61. The predicted molar refractivity (Wildman–Crippen MR) is 77.1 cm³/mol. The van der Waals surface area contributed by atoms with Crippen LogP contribution in [0.25, 0.3) is 0 Å². The summed E-state index contributed by atoms with van der Waals surface area (Å²) in [4.78, 5) is 11.7. The normalized spacial score (nSPS) is 15.5. The molecular weight excluding hydrogens is 256 g/mol. The van der Waals surface area contributed by atoms with E-state index in [1.165, 1.54) is 0 Å². The van der Waals surface area contributed by atoms with E-state index < -0.39 is 0 Å². The third kappa shape index (κ3) is 4.74. The topological polar surface area (TPSA) is 59.6 Å². The van der Waals surface area contributed by atoms with Crippen LogP contribution in [0.15, 0.2) is 24.3 Å². The lowest BCUT2D eigenvalue weighted by molar-refractivity contribution is -0.122. The van der Waals surface area contributed by atoms with Crippen LogP contribution in [0.5, 0.6) is 11.5 Å². The molecule has 0 bridgehead atoms. The Morgan fingerprint density at radius 1 is 1.30 bits per heavy atom. The number of nitrogens with one attached hydrogen (secondary N) is 2. The largest absolute Gasteiger partial charge is 0.497 e. The van der Waals surface area contributed by atoms with Crippen LogP contribution in [0, 0.1) is 0 Å². The predicted octanol–water partition coefficient (Wildman–Crippen LogP) is 1.33. The van der Waals surface area contributed by atoms with Gasteiger partial charge < -0.3 is 20.1 Å². The van der Waals surface area contributed by atoms with Crippen LogP contribution in [-0.2, 0) is 4.79 Å². The molecule has 0 aromatic heterocycles. The third-order valence-electron chi connectivity index (χ3n) is 3.20. The van der Waals surface area contributed by atoms with Gasteiger partial charge in [0.05, 0.1) is 13.2 Å². The lowest BCUT2D eigenvalue weighted by atomic mass is 10.3. The van der Waals surface area contributed by atoms with Gasteiger partial charge in [0.2, 0.25) is 5.91 Å². The highest BCUT2D eigenvalue weighted by atomic mass is 16.5. The van der Waals surface area contributed by atoms with Gasteiger partial charge in [-0.1, -0.05) is 0 Å². The lowest BCUT2D eigenvalue weighted by Crippen LogP contribution is -2.44. The summed E-state index contributed by atoms with van der Waals surface area (Å²) in [7, 11) is 1.63. The number of carbonyl (C=O) groups excluding carboxylic acids is 1. The van der Waals surface area contributed by atoms with Gasteiger partial charge in [0.1, 0.15) is 18.1 Å². The molecule has 0 aliphatic heterocycles. The van der Waals surface area contributed by atoms with Gasteiger partial charge in [-0.15, -0.1) is 0 Å². The molecule has 1 unspecified atom stereocenters. The Hall–Kier alpha value is -1.75. The number of benzene rings is 1. The molecule has 1 aliphatic carbocycles. The minimum absolute atomic E-state index is 0.0666. The van der Waals surface area contributed by atoms with E-state index in [9.17, 15) is 4.79 Å². The average Bonchev–Trinajstić information content (AvgIpc) is 3.28. The van der Waals surface area contributed by atoms with Crippen LogP contribution in [-0.4, -0.2) is 38.3 Å². The SMILES string of the molecule is COc1ccc(OCCNC(C)C(=O)NC2CC2)cc1. The van der Waals surface area contributed by atoms with E-state index in [0.717, 1.165) is 24.3 Å². The second kappa shape index (κ2) is 7.14. The Kier molecular flexibility index (Phi) is 5.24. The van der Waals surface area contributed by atoms with Crippen LogP contribution >= 0.6 is 0 Å². The van der Waals surface area contributed by atoms with Crippen molar-refractivity contribution in [3.8, 4) is 11.5 Å². The van der Waals surface area contributed by atoms with Crippen molar-refractivity contribution in [2.75, 3.05) is 20.3 Å². The number of amides is 1. The molecule has 1 aromatic carbocycles. The van der Waals surface area contributed by atoms with Crippen molar-refractivity contribution in [1.29, 1.82) is 0 Å². The fraction of sp³-hybridized carbons (Fsp3) is 0.533. The highest BCUT2D eigenvalue weighted by Gasteiger charge is 2.25. The van der Waals surface area contributed by atoms with Crippen LogP contribution in [0.3, 0.4) is 0 Å². The number of hydrogen-bond donors (Lipinski definition) is 2. The molecule has 1 aliphatic rings. The van der Waals surface area contributed by atoms with Crippen LogP contribution in [0.2, 0.25) is 0 Å². The van der Waals surface area contributed by atoms with Gasteiger partial charge >= 0.3 is 0 Å². The summed E-state index contributed by atoms with van der Waals surface area (Å²) < 4.78 is 10.7. The minimum Gasteiger partial charge on any atom is -0.497 e. The zero-order chi connectivity index (χ0) is 14.4. The summed E-state index contributed by atoms with van der Waals surface area (Å²) in [5.74, 6) is 1.67. The van der Waals surface area contributed by atoms with E-state index in [4.69, 9.17) is 9.47 Å². The molecule has 2 N–H and O–H groups in total. The Bertz CT molecular complexity index is 429. The van der Waals surface area contributed by atoms with E-state index in [-0.39, 0.29) is 11.9 Å². The van der Waals surface area contributed by atoms with E-state index in [1.807, 2.05) is 31.2 Å². The highest BCUT2D eigenvalue weighted by molar-refractivity contribution is 5.81. The zero-order valence-corrected chi connectivity index (χ0v) is 12.0. The second-order valence-corrected chi connectivity index (χ2v) is 4.98. The number of ether oxygens (including phenoxy) is 2. The molecule has 1 fully saturated rings. The number of rotatable bonds is 8. The molecular formula is C15H22N2O3. The van der Waals surface area contributed by atoms with E-state index in [1.54, 1.807) is 7.11 Å². The molecule has 0 saturated heterocycles. The zero-order valence-electron chi connectivity index (χ0n) is 12.0. The number of carbonyl (C=O) groups is 1. The summed E-state index contributed by atoms with van der Waals surface area (Å²) in [6, 6.07) is 7.66. The molecule has 20 heavy (non-hydrogen) atoms. The van der Waals surface area contributed by atoms with Crippen molar-refractivity contribution < 1.29 is 14.3 Å². The van der Waals surface area contributed by atoms with Gasteiger partial charge in [-0.25, -0.2) is 0 Å². The van der Waals surface area contributed by atoms with Gasteiger partial charge in [0, 0.05) is 12.6 Å². The minimum atomic E-state index is -0.185. The van der Waals surface area contributed by atoms with Crippen molar-refractivity contribution >= 4 is 5.91 Å². The monoisotopic (exact) mass is 278 g/mol. The van der Waals surface area contributed by atoms with Crippen LogP contribution in [0.4, 0.5) is 0 Å². The van der Waals surface area contributed by atoms with Crippen molar-refractivity contribution in [3.63, 3.8) is 0 Å². The lowest BCUT2D eigenvalue weighted by Gasteiger charge is -2.14. The highest BCUT2D eigenvalue weighted by Crippen LogP contribution is 2.18. The molecule has 1 amide bonds. The maximum Gasteiger partial charge on any atom is 0.237 e. The quantitative estimate of drug-likeness (QED) is 0.704. The van der Waals surface area contributed by atoms with E-state index in [2.05, 4.69) is 10.6 Å². The molecule has 110 valence electrons. The van der Waals surface area contributed by atoms with Crippen LogP contribution in [0.1, 0.15) is 19.8 Å². The summed E-state index contributed by atoms with van der Waals surface area (Å²) in [5.41, 5.74) is 0. The first-order chi connectivity index (χ1) is 9.69. The van der Waals surface area contributed by atoms with Gasteiger partial charge in [0.15, 0.2) is 0 Å². The van der Waals surface area contributed by atoms with Gasteiger partial charge in [-0.2, -0.15) is 0 Å². The molecule has 0 spiro atoms. The molecule has 0 radical (unpaired) electrons. The van der Waals surface area contributed by atoms with Crippen LogP contribution < -0.4 is 20.1 Å². The second-order valence-electron chi connectivity index (χ2n) is 4.98. The maximum atomic E-state index is 11.7. The third-order valence-corrected chi connectivity index (χ3v) is 3.20. The first-order valence-corrected chi connectivity index (χ1v) is 6.99. The number of methoxy groups -OCH3 is 1. The molecule has 1 saturated carbocycles. The fourth-order valence-electron chi connectivity index (χ4n) is 1.76. The van der Waals surface area contributed by atoms with Crippen molar-refractivity contribution in [2.45, 2.75) is 31.8 Å². The smallest absolute Gasteiger partial charge is 0.237 e. The Morgan fingerprint density at radius 3 is 2.55 bits per heavy atom. The summed E-state index contributed by atoms with van der Waals surface area (Å²) in [6.45, 7) is 3.02. The fourth-order valence-corrected chi connectivity index (χ4v) is 1.76. The Labute approximate surface area is 119 Å². The standard InChI is InChI=1S/C15H22N2O3/c1-11(15(18)17-12-3-4-12)16-9-10-20-14-7-5-13(19-2)6-8-14/h5-8,11-12,16H,3-4,9-10H2,1-2H3,(H,17,18). The summed E-state index contributed by atoms with van der Waals surface area (Å²) >= 11 is 0. The Morgan fingerprint density at radius 2 is 1.95 bits per heavy atom. The number of hydrogen-bond acceptors (Lipinski definition) is 4. The van der Waals surface area contributed by atoms with Crippen molar-refractivity contribution in [2.24, 2.45) is 0 Å². The van der Waals surface area contributed by atoms with Gasteiger partial charge in [-0.3, -0.25) is 4.79 Å². The summed E-state index contributed by atoms with van der Waals surface area (Å²) in [5, 5.41) is 6.12. The van der Waals surface area contributed by atoms with Gasteiger partial charge in [-0.05, 0) is 44.0 Å².